The molecule has 0 amide bonds. The molecule has 2 rings (SSSR count). The first-order chi connectivity index (χ1) is 6.07. The second-order valence-electron chi connectivity index (χ2n) is 5.16. The zero-order valence-electron chi connectivity index (χ0n) is 9.38. The molecule has 0 radical (unpaired) electrons. The number of nitrogens with zero attached hydrogens (tertiary/aromatic N) is 2. The average molecular weight is 182 g/mol. The molecular formula is C11H22N2. The van der Waals surface area contributed by atoms with Gasteiger partial charge in [0.1, 0.15) is 0 Å². The van der Waals surface area contributed by atoms with Crippen LogP contribution in [0.25, 0.3) is 0 Å². The van der Waals surface area contributed by atoms with E-state index in [9.17, 15) is 0 Å². The molecule has 2 nitrogen and oxygen atoms in total. The molecule has 0 saturated carbocycles. The third kappa shape index (κ3) is 1.31. The Balaban J connectivity index is 2.10. The van der Waals surface area contributed by atoms with Crippen LogP contribution in [-0.2, 0) is 0 Å². The van der Waals surface area contributed by atoms with Crippen molar-refractivity contribution in [3.05, 3.63) is 0 Å². The highest BCUT2D eigenvalue weighted by Crippen LogP contribution is 2.40. The lowest BCUT2D eigenvalue weighted by Crippen LogP contribution is -2.53. The minimum absolute atomic E-state index is 0.490. The lowest BCUT2D eigenvalue weighted by Gasteiger charge is -2.41. The molecule has 2 aliphatic rings. The van der Waals surface area contributed by atoms with Crippen molar-refractivity contribution in [2.75, 3.05) is 19.6 Å². The van der Waals surface area contributed by atoms with Gasteiger partial charge in [0.2, 0.25) is 0 Å². The summed E-state index contributed by atoms with van der Waals surface area (Å²) in [6.45, 7) is 13.2. The molecule has 2 atom stereocenters. The van der Waals surface area contributed by atoms with E-state index >= 15 is 0 Å². The third-order valence-electron chi connectivity index (χ3n) is 3.91. The van der Waals surface area contributed by atoms with E-state index in [0.717, 1.165) is 12.1 Å². The molecule has 13 heavy (non-hydrogen) atoms. The molecule has 0 N–H and O–H groups in total. The summed E-state index contributed by atoms with van der Waals surface area (Å²) in [5.74, 6) is 0. The lowest BCUT2D eigenvalue weighted by molar-refractivity contribution is 0.0642. The SMILES string of the molecule is CCN1CC2CC1(C)CN2C(C)C. The predicted molar refractivity (Wildman–Crippen MR) is 55.9 cm³/mol. The standard InChI is InChI=1S/C11H22N2/c1-5-12-7-10-6-11(12,4)8-13(10)9(2)3/h9-10H,5-8H2,1-4H3. The molecule has 0 aromatic carbocycles. The van der Waals surface area contributed by atoms with Crippen LogP contribution in [0.1, 0.15) is 34.1 Å². The molecule has 2 saturated heterocycles. The maximum absolute atomic E-state index is 2.67. The van der Waals surface area contributed by atoms with Gasteiger partial charge < -0.3 is 0 Å². The monoisotopic (exact) mass is 182 g/mol. The van der Waals surface area contributed by atoms with Gasteiger partial charge in [0.05, 0.1) is 0 Å². The Morgan fingerprint density at radius 1 is 1.46 bits per heavy atom. The quantitative estimate of drug-likeness (QED) is 0.639. The summed E-state index contributed by atoms with van der Waals surface area (Å²) in [6, 6.07) is 1.57. The Labute approximate surface area is 81.9 Å². The van der Waals surface area contributed by atoms with E-state index in [0.29, 0.717) is 5.54 Å². The van der Waals surface area contributed by atoms with Gasteiger partial charge in [0, 0.05) is 30.7 Å². The fraction of sp³-hybridized carbons (Fsp3) is 1.00. The van der Waals surface area contributed by atoms with Crippen molar-refractivity contribution in [2.45, 2.75) is 51.7 Å². The maximum atomic E-state index is 2.67. The van der Waals surface area contributed by atoms with Gasteiger partial charge in [-0.15, -0.1) is 0 Å². The zero-order chi connectivity index (χ0) is 9.64. The fourth-order valence-electron chi connectivity index (χ4n) is 3.20. The smallest absolute Gasteiger partial charge is 0.0324 e. The number of likely N-dealkylation sites (N-methyl/N-ethyl adjacent to an activating group) is 1. The second kappa shape index (κ2) is 2.96. The van der Waals surface area contributed by atoms with Crippen LogP contribution in [0.4, 0.5) is 0 Å². The highest BCUT2D eigenvalue weighted by atomic mass is 15.4. The van der Waals surface area contributed by atoms with Gasteiger partial charge in [0.25, 0.3) is 0 Å². The van der Waals surface area contributed by atoms with E-state index in [-0.39, 0.29) is 0 Å². The van der Waals surface area contributed by atoms with Crippen LogP contribution in [0.2, 0.25) is 0 Å². The molecule has 76 valence electrons. The van der Waals surface area contributed by atoms with Crippen LogP contribution in [0, 0.1) is 0 Å². The van der Waals surface area contributed by atoms with Crippen LogP contribution in [-0.4, -0.2) is 47.1 Å². The van der Waals surface area contributed by atoms with Crippen molar-refractivity contribution in [1.82, 2.24) is 9.80 Å². The van der Waals surface area contributed by atoms with Crippen molar-refractivity contribution >= 4 is 0 Å². The molecule has 2 unspecified atom stereocenters. The largest absolute Gasteiger partial charge is 0.295 e. The summed E-state index contributed by atoms with van der Waals surface area (Å²) < 4.78 is 0. The maximum Gasteiger partial charge on any atom is 0.0324 e. The summed E-state index contributed by atoms with van der Waals surface area (Å²) in [6.07, 6.45) is 1.39. The van der Waals surface area contributed by atoms with Gasteiger partial charge >= 0.3 is 0 Å². The molecule has 2 aliphatic heterocycles. The predicted octanol–water partition coefficient (Wildman–Crippen LogP) is 1.56. The number of rotatable bonds is 2. The molecule has 0 aromatic heterocycles. The molecular weight excluding hydrogens is 160 g/mol. The Hall–Kier alpha value is -0.0800. The molecule has 2 fully saturated rings. The number of fused-ring (bicyclic) bond motifs is 2. The van der Waals surface area contributed by atoms with E-state index in [2.05, 4.69) is 37.5 Å². The van der Waals surface area contributed by atoms with Gasteiger partial charge in [-0.2, -0.15) is 0 Å². The molecule has 2 heterocycles. The Bertz CT molecular complexity index is 202. The van der Waals surface area contributed by atoms with Crippen molar-refractivity contribution in [3.8, 4) is 0 Å². The first kappa shape index (κ1) is 9.47. The first-order valence-corrected chi connectivity index (χ1v) is 5.57. The van der Waals surface area contributed by atoms with Gasteiger partial charge in [-0.05, 0) is 33.7 Å². The molecule has 0 aromatic rings. The number of likely N-dealkylation sites (tertiary alicyclic amines) is 2. The van der Waals surface area contributed by atoms with Gasteiger partial charge in [-0.3, -0.25) is 9.80 Å². The highest BCUT2D eigenvalue weighted by molar-refractivity contribution is 5.08. The number of hydrogen-bond acceptors (Lipinski definition) is 2. The third-order valence-corrected chi connectivity index (χ3v) is 3.91. The first-order valence-electron chi connectivity index (χ1n) is 5.57. The van der Waals surface area contributed by atoms with E-state index in [1.165, 1.54) is 26.1 Å². The topological polar surface area (TPSA) is 6.48 Å². The van der Waals surface area contributed by atoms with Crippen molar-refractivity contribution in [1.29, 1.82) is 0 Å². The second-order valence-corrected chi connectivity index (χ2v) is 5.16. The fourth-order valence-corrected chi connectivity index (χ4v) is 3.20. The minimum atomic E-state index is 0.490. The van der Waals surface area contributed by atoms with Gasteiger partial charge in [-0.25, -0.2) is 0 Å². The highest BCUT2D eigenvalue weighted by Gasteiger charge is 2.51. The van der Waals surface area contributed by atoms with Crippen LogP contribution < -0.4 is 0 Å². The van der Waals surface area contributed by atoms with E-state index in [1.54, 1.807) is 0 Å². The van der Waals surface area contributed by atoms with Crippen LogP contribution in [0.15, 0.2) is 0 Å². The van der Waals surface area contributed by atoms with Crippen molar-refractivity contribution in [2.24, 2.45) is 0 Å². The molecule has 0 spiro atoms. The molecule has 2 bridgehead atoms. The summed E-state index contributed by atoms with van der Waals surface area (Å²) in [7, 11) is 0. The molecule has 2 heteroatoms. The average Bonchev–Trinajstić information content (AvgIpc) is 2.55. The lowest BCUT2D eigenvalue weighted by atomic mass is 10.0. The van der Waals surface area contributed by atoms with E-state index < -0.39 is 0 Å². The van der Waals surface area contributed by atoms with Gasteiger partial charge in [0.15, 0.2) is 0 Å². The van der Waals surface area contributed by atoms with Gasteiger partial charge in [-0.1, -0.05) is 6.92 Å². The summed E-state index contributed by atoms with van der Waals surface area (Å²) in [5.41, 5.74) is 0.490. The Kier molecular flexibility index (Phi) is 2.16. The summed E-state index contributed by atoms with van der Waals surface area (Å²) in [4.78, 5) is 5.32. The minimum Gasteiger partial charge on any atom is -0.295 e. The number of piperazine rings is 1. The van der Waals surface area contributed by atoms with E-state index in [1.807, 2.05) is 0 Å². The summed E-state index contributed by atoms with van der Waals surface area (Å²) in [5, 5.41) is 0. The summed E-state index contributed by atoms with van der Waals surface area (Å²) >= 11 is 0. The van der Waals surface area contributed by atoms with Crippen molar-refractivity contribution < 1.29 is 0 Å². The van der Waals surface area contributed by atoms with Crippen LogP contribution in [0.3, 0.4) is 0 Å². The zero-order valence-corrected chi connectivity index (χ0v) is 9.38. The Morgan fingerprint density at radius 3 is 2.54 bits per heavy atom. The van der Waals surface area contributed by atoms with Crippen LogP contribution >= 0.6 is 0 Å². The van der Waals surface area contributed by atoms with Crippen molar-refractivity contribution in [3.63, 3.8) is 0 Å². The molecule has 0 aliphatic carbocycles. The number of hydrogen-bond donors (Lipinski definition) is 0. The normalized spacial score (nSPS) is 40.8. The Morgan fingerprint density at radius 2 is 2.15 bits per heavy atom. The van der Waals surface area contributed by atoms with Crippen LogP contribution in [0.5, 0.6) is 0 Å². The van der Waals surface area contributed by atoms with E-state index in [4.69, 9.17) is 0 Å².